The largest absolute Gasteiger partial charge is 0.494 e. The maximum Gasteiger partial charge on any atom is 0.201 e. The molecule has 1 heterocycles. The van der Waals surface area contributed by atoms with Crippen molar-refractivity contribution in [2.45, 2.75) is 30.6 Å². The van der Waals surface area contributed by atoms with E-state index >= 15 is 0 Å². The van der Waals surface area contributed by atoms with Gasteiger partial charge in [0.1, 0.15) is 0 Å². The molecule has 0 aliphatic heterocycles. The summed E-state index contributed by atoms with van der Waals surface area (Å²) in [4.78, 5) is 4.28. The number of rotatable bonds is 3. The van der Waals surface area contributed by atoms with Crippen molar-refractivity contribution in [3.05, 3.63) is 17.9 Å². The van der Waals surface area contributed by atoms with Gasteiger partial charge in [0, 0.05) is 23.4 Å². The van der Waals surface area contributed by atoms with Gasteiger partial charge in [0.15, 0.2) is 11.6 Å². The van der Waals surface area contributed by atoms with Crippen LogP contribution in [0.25, 0.3) is 11.0 Å². The van der Waals surface area contributed by atoms with Gasteiger partial charge >= 0.3 is 0 Å². The number of anilines is 1. The highest BCUT2D eigenvalue weighted by atomic mass is 32.2. The normalized spacial score (nSPS) is 22.6. The van der Waals surface area contributed by atoms with Gasteiger partial charge in [-0.2, -0.15) is 11.8 Å². The summed E-state index contributed by atoms with van der Waals surface area (Å²) in [5.41, 5.74) is 7.49. The van der Waals surface area contributed by atoms with E-state index in [-0.39, 0.29) is 5.75 Å². The first-order chi connectivity index (χ1) is 9.63. The molecule has 2 atom stereocenters. The molecular weight excluding hydrogens is 277 g/mol. The summed E-state index contributed by atoms with van der Waals surface area (Å²) in [6, 6.07) is 3.43. The number of benzene rings is 1. The number of halogens is 1. The molecule has 1 aromatic heterocycles. The molecule has 0 saturated heterocycles. The van der Waals surface area contributed by atoms with Crippen LogP contribution in [0.5, 0.6) is 5.75 Å². The van der Waals surface area contributed by atoms with Crippen LogP contribution in [0.1, 0.15) is 25.3 Å². The molecule has 3 rings (SSSR count). The molecule has 0 amide bonds. The summed E-state index contributed by atoms with van der Waals surface area (Å²) < 4.78 is 20.8. The Morgan fingerprint density at radius 1 is 1.45 bits per heavy atom. The highest BCUT2D eigenvalue weighted by Crippen LogP contribution is 2.39. The predicted octanol–water partition coefficient (Wildman–Crippen LogP) is 3.22. The molecule has 0 bridgehead atoms. The van der Waals surface area contributed by atoms with Crippen LogP contribution in [-0.4, -0.2) is 28.2 Å². The number of fused-ring (bicyclic) bond motifs is 1. The van der Waals surface area contributed by atoms with E-state index in [0.717, 1.165) is 18.4 Å². The summed E-state index contributed by atoms with van der Waals surface area (Å²) >= 11 is 1.90. The van der Waals surface area contributed by atoms with Crippen molar-refractivity contribution in [3.63, 3.8) is 0 Å². The second-order valence-corrected chi connectivity index (χ2v) is 6.28. The zero-order valence-corrected chi connectivity index (χ0v) is 12.4. The van der Waals surface area contributed by atoms with Crippen LogP contribution in [0, 0.1) is 5.82 Å². The standard InChI is InChI=1S/C14H18FN3OS/c1-19-13-7-12-11(6-10(13)15)17-14(16)18(12)8-3-4-9(5-8)20-2/h6-9H,3-5H2,1-2H3,(H2,16,17). The maximum absolute atomic E-state index is 13.7. The van der Waals surface area contributed by atoms with E-state index < -0.39 is 5.82 Å². The van der Waals surface area contributed by atoms with Crippen LogP contribution >= 0.6 is 11.8 Å². The fourth-order valence-corrected chi connectivity index (χ4v) is 3.81. The van der Waals surface area contributed by atoms with E-state index in [4.69, 9.17) is 10.5 Å². The summed E-state index contributed by atoms with van der Waals surface area (Å²) in [7, 11) is 1.47. The first-order valence-electron chi connectivity index (χ1n) is 6.67. The second-order valence-electron chi connectivity index (χ2n) is 5.14. The lowest BCUT2D eigenvalue weighted by atomic mass is 10.2. The van der Waals surface area contributed by atoms with Crippen molar-refractivity contribution in [2.24, 2.45) is 0 Å². The Kier molecular flexibility index (Phi) is 3.50. The summed E-state index contributed by atoms with van der Waals surface area (Å²) in [5, 5.41) is 0.666. The zero-order chi connectivity index (χ0) is 14.3. The van der Waals surface area contributed by atoms with Crippen molar-refractivity contribution in [3.8, 4) is 5.75 Å². The van der Waals surface area contributed by atoms with Crippen molar-refractivity contribution in [2.75, 3.05) is 19.1 Å². The third-order valence-electron chi connectivity index (χ3n) is 4.05. The van der Waals surface area contributed by atoms with Crippen LogP contribution in [0.15, 0.2) is 12.1 Å². The van der Waals surface area contributed by atoms with Crippen LogP contribution in [0.2, 0.25) is 0 Å². The van der Waals surface area contributed by atoms with E-state index in [2.05, 4.69) is 11.2 Å². The molecule has 1 fully saturated rings. The first kappa shape index (κ1) is 13.5. The number of hydrogen-bond acceptors (Lipinski definition) is 4. The number of methoxy groups -OCH3 is 1. The Morgan fingerprint density at radius 3 is 2.90 bits per heavy atom. The minimum absolute atomic E-state index is 0.234. The van der Waals surface area contributed by atoms with Crippen LogP contribution < -0.4 is 10.5 Å². The fourth-order valence-electron chi connectivity index (χ4n) is 3.02. The monoisotopic (exact) mass is 295 g/mol. The molecule has 0 radical (unpaired) electrons. The van der Waals surface area contributed by atoms with Crippen molar-refractivity contribution in [1.82, 2.24) is 9.55 Å². The van der Waals surface area contributed by atoms with Gasteiger partial charge in [-0.05, 0) is 25.5 Å². The number of aromatic nitrogens is 2. The lowest BCUT2D eigenvalue weighted by Gasteiger charge is -2.15. The van der Waals surface area contributed by atoms with E-state index in [0.29, 0.717) is 22.8 Å². The fraction of sp³-hybridized carbons (Fsp3) is 0.500. The minimum atomic E-state index is -0.405. The van der Waals surface area contributed by atoms with Gasteiger partial charge in [-0.1, -0.05) is 0 Å². The molecule has 2 unspecified atom stereocenters. The SMILES string of the molecule is COc1cc2c(cc1F)nc(N)n2C1CCC(SC)C1. The number of nitrogens with zero attached hydrogens (tertiary/aromatic N) is 2. The third-order valence-corrected chi connectivity index (χ3v) is 5.14. The Morgan fingerprint density at radius 2 is 2.25 bits per heavy atom. The van der Waals surface area contributed by atoms with Crippen LogP contribution in [0.3, 0.4) is 0 Å². The number of nitrogen functional groups attached to an aromatic ring is 1. The van der Waals surface area contributed by atoms with Crippen molar-refractivity contribution >= 4 is 28.7 Å². The number of nitrogens with two attached hydrogens (primary N) is 1. The van der Waals surface area contributed by atoms with Gasteiger partial charge in [-0.25, -0.2) is 9.37 Å². The quantitative estimate of drug-likeness (QED) is 0.944. The summed E-state index contributed by atoms with van der Waals surface area (Å²) in [6.45, 7) is 0. The highest BCUT2D eigenvalue weighted by molar-refractivity contribution is 7.99. The lowest BCUT2D eigenvalue weighted by Crippen LogP contribution is -2.09. The van der Waals surface area contributed by atoms with E-state index in [9.17, 15) is 4.39 Å². The topological polar surface area (TPSA) is 53.1 Å². The van der Waals surface area contributed by atoms with Crippen molar-refractivity contribution < 1.29 is 9.13 Å². The molecule has 1 aliphatic rings. The van der Waals surface area contributed by atoms with E-state index in [1.54, 1.807) is 6.07 Å². The third kappa shape index (κ3) is 2.12. The molecule has 6 heteroatoms. The zero-order valence-electron chi connectivity index (χ0n) is 11.6. The van der Waals surface area contributed by atoms with Crippen molar-refractivity contribution in [1.29, 1.82) is 0 Å². The minimum Gasteiger partial charge on any atom is -0.494 e. The van der Waals surface area contributed by atoms with Gasteiger partial charge in [0.25, 0.3) is 0 Å². The molecule has 20 heavy (non-hydrogen) atoms. The molecule has 1 aromatic carbocycles. The smallest absolute Gasteiger partial charge is 0.201 e. The summed E-state index contributed by atoms with van der Waals surface area (Å²) in [6.07, 6.45) is 5.49. The number of ether oxygens (including phenoxy) is 1. The number of hydrogen-bond donors (Lipinski definition) is 1. The molecule has 108 valence electrons. The predicted molar refractivity (Wildman–Crippen MR) is 80.8 cm³/mol. The highest BCUT2D eigenvalue weighted by Gasteiger charge is 2.28. The summed E-state index contributed by atoms with van der Waals surface area (Å²) in [5.74, 6) is 0.288. The van der Waals surface area contributed by atoms with Crippen LogP contribution in [0.4, 0.5) is 10.3 Å². The molecule has 1 aliphatic carbocycles. The number of imidazole rings is 1. The number of thioether (sulfide) groups is 1. The molecule has 1 saturated carbocycles. The molecule has 2 aromatic rings. The average molecular weight is 295 g/mol. The van der Waals surface area contributed by atoms with Gasteiger partial charge in [0.05, 0.1) is 18.1 Å². The molecule has 4 nitrogen and oxygen atoms in total. The molecule has 2 N–H and O–H groups in total. The molecular formula is C14H18FN3OS. The average Bonchev–Trinajstić information content (AvgIpc) is 3.00. The lowest BCUT2D eigenvalue weighted by molar-refractivity contribution is 0.387. The Labute approximate surface area is 121 Å². The first-order valence-corrected chi connectivity index (χ1v) is 7.96. The van der Waals surface area contributed by atoms with Gasteiger partial charge < -0.3 is 15.0 Å². The van der Waals surface area contributed by atoms with E-state index in [1.807, 2.05) is 16.3 Å². The Balaban J connectivity index is 2.08. The van der Waals surface area contributed by atoms with Gasteiger partial charge in [-0.15, -0.1) is 0 Å². The van der Waals surface area contributed by atoms with Gasteiger partial charge in [0.2, 0.25) is 5.95 Å². The van der Waals surface area contributed by atoms with Gasteiger partial charge in [-0.3, -0.25) is 0 Å². The Bertz CT molecular complexity index is 643. The second kappa shape index (κ2) is 5.16. The Hall–Kier alpha value is -1.43. The maximum atomic E-state index is 13.7. The van der Waals surface area contributed by atoms with Crippen LogP contribution in [-0.2, 0) is 0 Å². The molecule has 0 spiro atoms. The van der Waals surface area contributed by atoms with E-state index in [1.165, 1.54) is 19.6 Å².